The molecule has 0 saturated carbocycles. The van der Waals surface area contributed by atoms with E-state index in [9.17, 15) is 8.78 Å². The second kappa shape index (κ2) is 6.78. The van der Waals surface area contributed by atoms with Crippen LogP contribution in [0.25, 0.3) is 11.4 Å². The van der Waals surface area contributed by atoms with Crippen molar-refractivity contribution in [3.63, 3.8) is 0 Å². The summed E-state index contributed by atoms with van der Waals surface area (Å²) < 4.78 is 37.1. The highest BCUT2D eigenvalue weighted by Gasteiger charge is 2.11. The van der Waals surface area contributed by atoms with E-state index in [0.29, 0.717) is 23.0 Å². The molecule has 0 aliphatic rings. The van der Waals surface area contributed by atoms with Crippen LogP contribution in [-0.4, -0.2) is 10.1 Å². The Morgan fingerprint density at radius 2 is 1.83 bits per heavy atom. The molecule has 3 aromatic rings. The van der Waals surface area contributed by atoms with E-state index >= 15 is 0 Å². The first-order valence-corrected chi connectivity index (χ1v) is 7.53. The molecule has 0 unspecified atom stereocenters. The molecular formula is C18H16F2N2O2. The number of halogens is 2. The molecule has 0 aliphatic carbocycles. The Morgan fingerprint density at radius 3 is 2.46 bits per heavy atom. The van der Waals surface area contributed by atoms with E-state index < -0.39 is 11.6 Å². The van der Waals surface area contributed by atoms with Gasteiger partial charge in [-0.15, -0.1) is 0 Å². The lowest BCUT2D eigenvalue weighted by Crippen LogP contribution is -1.99. The Morgan fingerprint density at radius 1 is 1.08 bits per heavy atom. The summed E-state index contributed by atoms with van der Waals surface area (Å²) in [7, 11) is 0. The zero-order valence-corrected chi connectivity index (χ0v) is 13.3. The number of ether oxygens (including phenoxy) is 1. The summed E-state index contributed by atoms with van der Waals surface area (Å²) in [6.45, 7) is 3.97. The van der Waals surface area contributed by atoms with Gasteiger partial charge in [0.15, 0.2) is 0 Å². The zero-order chi connectivity index (χ0) is 17.1. The van der Waals surface area contributed by atoms with Gasteiger partial charge in [-0.1, -0.05) is 19.0 Å². The van der Waals surface area contributed by atoms with Gasteiger partial charge >= 0.3 is 0 Å². The van der Waals surface area contributed by atoms with E-state index in [0.717, 1.165) is 11.6 Å². The molecule has 2 aromatic carbocycles. The second-order valence-corrected chi connectivity index (χ2v) is 5.66. The summed E-state index contributed by atoms with van der Waals surface area (Å²) in [4.78, 5) is 4.32. The molecule has 4 nitrogen and oxygen atoms in total. The molecule has 6 heteroatoms. The first-order chi connectivity index (χ1) is 11.5. The normalized spacial score (nSPS) is 11.0. The van der Waals surface area contributed by atoms with E-state index in [-0.39, 0.29) is 12.5 Å². The molecule has 0 fully saturated rings. The Balaban J connectivity index is 1.68. The van der Waals surface area contributed by atoms with Crippen LogP contribution in [0.3, 0.4) is 0 Å². The highest BCUT2D eigenvalue weighted by molar-refractivity contribution is 5.55. The van der Waals surface area contributed by atoms with Crippen molar-refractivity contribution >= 4 is 0 Å². The molecule has 3 rings (SSSR count). The fourth-order valence-electron chi connectivity index (χ4n) is 2.09. The van der Waals surface area contributed by atoms with Crippen LogP contribution >= 0.6 is 0 Å². The summed E-state index contributed by atoms with van der Waals surface area (Å²) >= 11 is 0. The Bertz CT molecular complexity index is 829. The van der Waals surface area contributed by atoms with Crippen LogP contribution in [0, 0.1) is 11.6 Å². The molecule has 1 heterocycles. The molecule has 0 spiro atoms. The van der Waals surface area contributed by atoms with Crippen molar-refractivity contribution < 1.29 is 18.0 Å². The number of hydrogen-bond acceptors (Lipinski definition) is 4. The summed E-state index contributed by atoms with van der Waals surface area (Å²) in [5.74, 6) is 0.586. The van der Waals surface area contributed by atoms with Gasteiger partial charge in [-0.25, -0.2) is 8.78 Å². The van der Waals surface area contributed by atoms with Gasteiger partial charge in [-0.05, 0) is 36.4 Å². The minimum Gasteiger partial charge on any atom is -0.489 e. The van der Waals surface area contributed by atoms with Crippen molar-refractivity contribution in [2.24, 2.45) is 0 Å². The fourth-order valence-corrected chi connectivity index (χ4v) is 2.09. The van der Waals surface area contributed by atoms with Crippen LogP contribution in [0.15, 0.2) is 47.0 Å². The van der Waals surface area contributed by atoms with Crippen LogP contribution in [0.1, 0.15) is 31.2 Å². The molecule has 124 valence electrons. The number of hydrogen-bond donors (Lipinski definition) is 0. The third-order valence-electron chi connectivity index (χ3n) is 3.46. The lowest BCUT2D eigenvalue weighted by Gasteiger charge is -2.07. The van der Waals surface area contributed by atoms with Gasteiger partial charge in [0, 0.05) is 23.1 Å². The lowest BCUT2D eigenvalue weighted by atomic mass is 10.2. The van der Waals surface area contributed by atoms with Crippen molar-refractivity contribution in [2.45, 2.75) is 26.4 Å². The standard InChI is InChI=1S/C18H16F2N2O2/c1-11(2)18-21-17(22-24-18)12-4-7-15(8-5-12)23-10-13-3-6-14(19)9-16(13)20/h3-9,11H,10H2,1-2H3. The Kier molecular flexibility index (Phi) is 4.55. The smallest absolute Gasteiger partial charge is 0.229 e. The first-order valence-electron chi connectivity index (χ1n) is 7.53. The molecule has 0 amide bonds. The molecule has 0 aliphatic heterocycles. The second-order valence-electron chi connectivity index (χ2n) is 5.66. The fraction of sp³-hybridized carbons (Fsp3) is 0.222. The minimum absolute atomic E-state index is 0.0190. The molecule has 0 bridgehead atoms. The van der Waals surface area contributed by atoms with Crippen molar-refractivity contribution in [3.05, 3.63) is 65.6 Å². The largest absolute Gasteiger partial charge is 0.489 e. The SMILES string of the molecule is CC(C)c1nc(-c2ccc(OCc3ccc(F)cc3F)cc2)no1. The van der Waals surface area contributed by atoms with Crippen LogP contribution in [-0.2, 0) is 6.61 Å². The van der Waals surface area contributed by atoms with E-state index in [2.05, 4.69) is 10.1 Å². The number of benzene rings is 2. The maximum atomic E-state index is 13.6. The molecule has 0 saturated heterocycles. The van der Waals surface area contributed by atoms with E-state index in [1.165, 1.54) is 12.1 Å². The minimum atomic E-state index is -0.625. The van der Waals surface area contributed by atoms with Crippen molar-refractivity contribution in [2.75, 3.05) is 0 Å². The van der Waals surface area contributed by atoms with Gasteiger partial charge in [0.25, 0.3) is 0 Å². The third kappa shape index (κ3) is 3.59. The maximum absolute atomic E-state index is 13.6. The molecule has 24 heavy (non-hydrogen) atoms. The Labute approximate surface area is 138 Å². The van der Waals surface area contributed by atoms with Crippen LogP contribution in [0.4, 0.5) is 8.78 Å². The molecule has 1 aromatic heterocycles. The predicted octanol–water partition coefficient (Wildman–Crippen LogP) is 4.72. The van der Waals surface area contributed by atoms with Gasteiger partial charge in [0.2, 0.25) is 11.7 Å². The summed E-state index contributed by atoms with van der Waals surface area (Å²) in [6, 6.07) is 10.5. The highest BCUT2D eigenvalue weighted by Crippen LogP contribution is 2.23. The lowest BCUT2D eigenvalue weighted by molar-refractivity contribution is 0.299. The van der Waals surface area contributed by atoms with Gasteiger partial charge in [-0.3, -0.25) is 0 Å². The van der Waals surface area contributed by atoms with Crippen molar-refractivity contribution in [1.82, 2.24) is 10.1 Å². The molecule has 0 atom stereocenters. The number of nitrogens with zero attached hydrogens (tertiary/aromatic N) is 2. The Hall–Kier alpha value is -2.76. The van der Waals surface area contributed by atoms with Crippen LogP contribution in [0.2, 0.25) is 0 Å². The summed E-state index contributed by atoms with van der Waals surface area (Å²) in [5, 5.41) is 3.94. The van der Waals surface area contributed by atoms with Crippen LogP contribution in [0.5, 0.6) is 5.75 Å². The van der Waals surface area contributed by atoms with Gasteiger partial charge in [-0.2, -0.15) is 4.98 Å². The molecule has 0 radical (unpaired) electrons. The monoisotopic (exact) mass is 330 g/mol. The molecular weight excluding hydrogens is 314 g/mol. The first kappa shape index (κ1) is 16.1. The number of rotatable bonds is 5. The highest BCUT2D eigenvalue weighted by atomic mass is 19.1. The van der Waals surface area contributed by atoms with Gasteiger partial charge in [0.1, 0.15) is 24.0 Å². The van der Waals surface area contributed by atoms with Crippen molar-refractivity contribution in [1.29, 1.82) is 0 Å². The van der Waals surface area contributed by atoms with Gasteiger partial charge < -0.3 is 9.26 Å². The average molecular weight is 330 g/mol. The van der Waals surface area contributed by atoms with Crippen molar-refractivity contribution in [3.8, 4) is 17.1 Å². The average Bonchev–Trinajstić information content (AvgIpc) is 3.05. The topological polar surface area (TPSA) is 48.2 Å². The third-order valence-corrected chi connectivity index (χ3v) is 3.46. The van der Waals surface area contributed by atoms with E-state index in [4.69, 9.17) is 9.26 Å². The summed E-state index contributed by atoms with van der Waals surface area (Å²) in [5.41, 5.74) is 1.09. The summed E-state index contributed by atoms with van der Waals surface area (Å²) in [6.07, 6.45) is 0. The zero-order valence-electron chi connectivity index (χ0n) is 13.3. The predicted molar refractivity (Wildman–Crippen MR) is 84.5 cm³/mol. The van der Waals surface area contributed by atoms with E-state index in [1.807, 2.05) is 13.8 Å². The van der Waals surface area contributed by atoms with Crippen LogP contribution < -0.4 is 4.74 Å². The number of aromatic nitrogens is 2. The maximum Gasteiger partial charge on any atom is 0.229 e. The van der Waals surface area contributed by atoms with E-state index in [1.54, 1.807) is 24.3 Å². The molecule has 0 N–H and O–H groups in total. The quantitative estimate of drug-likeness (QED) is 0.679. The van der Waals surface area contributed by atoms with Gasteiger partial charge in [0.05, 0.1) is 0 Å².